The lowest BCUT2D eigenvalue weighted by atomic mass is 9.88. The second-order valence-corrected chi connectivity index (χ2v) is 19.0. The number of ether oxygens (including phenoxy) is 2. The van der Waals surface area contributed by atoms with Gasteiger partial charge < -0.3 is 40.7 Å². The van der Waals surface area contributed by atoms with Crippen LogP contribution in [0.5, 0.6) is 5.75 Å². The summed E-state index contributed by atoms with van der Waals surface area (Å²) in [5.41, 5.74) is 13.8. The molecule has 5 aliphatic heterocycles. The van der Waals surface area contributed by atoms with Crippen molar-refractivity contribution in [3.8, 4) is 5.75 Å². The maximum atomic E-state index is 11.9. The summed E-state index contributed by atoms with van der Waals surface area (Å²) in [6.45, 7) is 25.4. The minimum Gasteiger partial charge on any atom is -0.478 e. The third kappa shape index (κ3) is 12.2. The van der Waals surface area contributed by atoms with Crippen molar-refractivity contribution in [2.45, 2.75) is 156 Å². The maximum Gasteiger partial charge on any atom is 0.265 e. The first-order chi connectivity index (χ1) is 30.6. The molecule has 10 heteroatoms. The molecule has 5 N–H and O–H groups in total. The van der Waals surface area contributed by atoms with Crippen molar-refractivity contribution in [1.82, 2.24) is 4.90 Å². The lowest BCUT2D eigenvalue weighted by molar-refractivity contribution is -0.131. The Bertz CT molecular complexity index is 2200. The largest absolute Gasteiger partial charge is 0.478 e. The van der Waals surface area contributed by atoms with Crippen molar-refractivity contribution in [2.24, 2.45) is 0 Å². The zero-order valence-electron chi connectivity index (χ0n) is 40.1. The third-order valence-electron chi connectivity index (χ3n) is 13.0. The van der Waals surface area contributed by atoms with E-state index in [0.717, 1.165) is 49.7 Å². The molecule has 0 radical (unpaired) electrons. The number of hydrogen-bond donors (Lipinski definition) is 5. The highest BCUT2D eigenvalue weighted by atomic mass is 16.5. The van der Waals surface area contributed by atoms with Gasteiger partial charge in [0.15, 0.2) is 6.10 Å². The van der Waals surface area contributed by atoms with Gasteiger partial charge in [-0.05, 0) is 114 Å². The summed E-state index contributed by atoms with van der Waals surface area (Å²) < 4.78 is 11.4. The fourth-order valence-electron chi connectivity index (χ4n) is 8.66. The Hall–Kier alpha value is -5.06. The van der Waals surface area contributed by atoms with E-state index in [2.05, 4.69) is 131 Å². The van der Waals surface area contributed by atoms with Crippen LogP contribution in [0.4, 0.5) is 22.7 Å². The molecule has 10 nitrogen and oxygen atoms in total. The van der Waals surface area contributed by atoms with E-state index in [1.165, 1.54) is 63.2 Å². The molecule has 4 unspecified atom stereocenters. The van der Waals surface area contributed by atoms with Crippen LogP contribution in [0.15, 0.2) is 72.8 Å². The second kappa shape index (κ2) is 22.2. The molecule has 0 aromatic heterocycles. The van der Waals surface area contributed by atoms with Crippen molar-refractivity contribution in [3.05, 3.63) is 112 Å². The highest BCUT2D eigenvalue weighted by molar-refractivity contribution is 5.97. The van der Waals surface area contributed by atoms with Gasteiger partial charge in [-0.3, -0.25) is 9.59 Å². The number of hydrogen-bond acceptors (Lipinski definition) is 8. The van der Waals surface area contributed by atoms with Gasteiger partial charge in [-0.2, -0.15) is 0 Å². The van der Waals surface area contributed by atoms with Crippen molar-refractivity contribution < 1.29 is 24.2 Å². The number of aliphatic hydroxyl groups is 1. The van der Waals surface area contributed by atoms with Gasteiger partial charge in [0.1, 0.15) is 5.75 Å². The molecule has 4 atom stereocenters. The van der Waals surface area contributed by atoms with Crippen LogP contribution in [0.2, 0.25) is 0 Å². The Morgan fingerprint density at radius 2 is 1.25 bits per heavy atom. The van der Waals surface area contributed by atoms with Crippen molar-refractivity contribution in [3.63, 3.8) is 0 Å². The highest BCUT2D eigenvalue weighted by Crippen LogP contribution is 2.40. The van der Waals surface area contributed by atoms with Gasteiger partial charge in [-0.15, -0.1) is 0 Å². The van der Waals surface area contributed by atoms with Gasteiger partial charge in [-0.25, -0.2) is 0 Å². The molecular formula is C54H75N5O5. The Morgan fingerprint density at radius 3 is 1.88 bits per heavy atom. The van der Waals surface area contributed by atoms with Gasteiger partial charge >= 0.3 is 0 Å². The van der Waals surface area contributed by atoms with Gasteiger partial charge in [0.05, 0.1) is 30.5 Å². The summed E-state index contributed by atoms with van der Waals surface area (Å²) in [4.78, 5) is 25.4. The SMILES string of the molecule is CC(C)c1ccc2c(c1)C1CC(N2)C(O)CO1.CC(C)c1ccc2c(c1)CCCN2.CCC1Oc2cc(C(C)C)ccc2NC1=O.CCN1Cc2cc(C(C)C)ccc2NCCC1=O. The van der Waals surface area contributed by atoms with Crippen LogP contribution >= 0.6 is 0 Å². The molecule has 2 amide bonds. The van der Waals surface area contributed by atoms with Gasteiger partial charge in [0.2, 0.25) is 5.91 Å². The first-order valence-corrected chi connectivity index (χ1v) is 24.0. The van der Waals surface area contributed by atoms with Gasteiger partial charge in [0, 0.05) is 61.6 Å². The highest BCUT2D eigenvalue weighted by Gasteiger charge is 2.36. The monoisotopic (exact) mass is 874 g/mol. The fraction of sp³-hybridized carbons (Fsp3) is 0.519. The van der Waals surface area contributed by atoms with E-state index in [1.807, 2.05) is 36.9 Å². The number of rotatable bonds is 6. The van der Waals surface area contributed by atoms with Crippen molar-refractivity contribution in [1.29, 1.82) is 0 Å². The minimum atomic E-state index is -0.385. The average Bonchev–Trinajstić information content (AvgIpc) is 3.28. The smallest absolute Gasteiger partial charge is 0.265 e. The quantitative estimate of drug-likeness (QED) is 0.130. The number of benzene rings is 4. The van der Waals surface area contributed by atoms with E-state index in [-0.39, 0.29) is 36.2 Å². The topological polar surface area (TPSA) is 124 Å². The molecule has 9 rings (SSSR count). The van der Waals surface area contributed by atoms with Crippen LogP contribution in [0.1, 0.15) is 164 Å². The summed E-state index contributed by atoms with van der Waals surface area (Å²) in [5, 5.41) is 22.9. The molecule has 4 aromatic rings. The molecule has 64 heavy (non-hydrogen) atoms. The van der Waals surface area contributed by atoms with Crippen molar-refractivity contribution >= 4 is 34.6 Å². The number of fused-ring (bicyclic) bond motifs is 7. The third-order valence-corrected chi connectivity index (χ3v) is 13.0. The number of anilines is 4. The number of nitrogens with zero attached hydrogens (tertiary/aromatic N) is 1. The molecule has 1 fully saturated rings. The fourth-order valence-corrected chi connectivity index (χ4v) is 8.66. The summed E-state index contributed by atoms with van der Waals surface area (Å²) in [7, 11) is 0. The molecule has 0 saturated carbocycles. The Kier molecular flexibility index (Phi) is 16.8. The number of nitrogens with one attached hydrogen (secondary N) is 4. The summed E-state index contributed by atoms with van der Waals surface area (Å²) in [5.74, 6) is 3.15. The van der Waals surface area contributed by atoms with E-state index in [4.69, 9.17) is 9.47 Å². The van der Waals surface area contributed by atoms with E-state index < -0.39 is 0 Å². The average molecular weight is 874 g/mol. The zero-order valence-corrected chi connectivity index (χ0v) is 40.1. The molecular weight excluding hydrogens is 799 g/mol. The molecule has 346 valence electrons. The normalized spacial score (nSPS) is 20.6. The standard InChI is InChI=1S/C15H22N2O.C14H19NO2.C13H17NO2.C12H17N/c1-4-17-10-13-9-12(11(2)3)5-6-14(13)16-8-7-15(17)18;1-8(2)9-3-4-11-10(5-9)14-6-12(15-11)13(16)7-17-14;1-4-11-13(15)14-10-6-5-9(8(2)3)7-12(10)16-11;1-9(2)10-5-6-12-11(8-10)4-3-7-13-12/h5-6,9,11,16H,4,7-8,10H2,1-3H3;3-5,8,12-16H,6-7H2,1-2H3;5-8,11H,4H2,1-3H3,(H,14,15);5-6,8-9,13H,3-4,7H2,1-2H3. The van der Waals surface area contributed by atoms with Crippen LogP contribution in [-0.2, 0) is 27.3 Å². The number of aliphatic hydroxyl groups excluding tert-OH is 1. The van der Waals surface area contributed by atoms with Gasteiger partial charge in [0.25, 0.3) is 5.91 Å². The van der Waals surface area contributed by atoms with Crippen LogP contribution in [0.3, 0.4) is 0 Å². The van der Waals surface area contributed by atoms with Gasteiger partial charge in [-0.1, -0.05) is 105 Å². The molecule has 1 saturated heterocycles. The summed E-state index contributed by atoms with van der Waals surface area (Å²) in [6, 6.07) is 26.0. The summed E-state index contributed by atoms with van der Waals surface area (Å²) in [6.07, 6.45) is 4.07. The van der Waals surface area contributed by atoms with Crippen LogP contribution in [0.25, 0.3) is 0 Å². The molecule has 5 aliphatic rings. The number of carbonyl (C=O) groups excluding carboxylic acids is 2. The zero-order chi connectivity index (χ0) is 46.1. The van der Waals surface area contributed by atoms with Crippen molar-refractivity contribution in [2.75, 3.05) is 47.5 Å². The van der Waals surface area contributed by atoms with E-state index in [9.17, 15) is 14.7 Å². The molecule has 0 aliphatic carbocycles. The molecule has 4 aromatic carbocycles. The molecule has 0 spiro atoms. The Morgan fingerprint density at radius 1 is 0.688 bits per heavy atom. The molecule has 2 bridgehead atoms. The predicted octanol–water partition coefficient (Wildman–Crippen LogP) is 11.5. The molecule has 5 heterocycles. The van der Waals surface area contributed by atoms with Crippen LogP contribution < -0.4 is 26.0 Å². The van der Waals surface area contributed by atoms with E-state index >= 15 is 0 Å². The Balaban J connectivity index is 0.000000143. The number of aryl methyl sites for hydroxylation is 1. The Labute approximate surface area is 383 Å². The number of carbonyl (C=O) groups is 2. The van der Waals surface area contributed by atoms with E-state index in [1.54, 1.807) is 0 Å². The summed E-state index contributed by atoms with van der Waals surface area (Å²) >= 11 is 0. The van der Waals surface area contributed by atoms with Crippen LogP contribution in [0, 0.1) is 0 Å². The lowest BCUT2D eigenvalue weighted by Gasteiger charge is -2.40. The first-order valence-electron chi connectivity index (χ1n) is 24.0. The predicted molar refractivity (Wildman–Crippen MR) is 263 cm³/mol. The second-order valence-electron chi connectivity index (χ2n) is 19.0. The van der Waals surface area contributed by atoms with Crippen LogP contribution in [-0.4, -0.2) is 66.3 Å². The maximum absolute atomic E-state index is 11.9. The first kappa shape index (κ1) is 48.4. The van der Waals surface area contributed by atoms with E-state index in [0.29, 0.717) is 43.1 Å². The lowest BCUT2D eigenvalue weighted by Crippen LogP contribution is -2.45. The minimum absolute atomic E-state index is 0.0488. The number of amides is 2.